The summed E-state index contributed by atoms with van der Waals surface area (Å²) in [4.78, 5) is 0. The van der Waals surface area contributed by atoms with Gasteiger partial charge in [-0.15, -0.1) is 0 Å². The summed E-state index contributed by atoms with van der Waals surface area (Å²) in [5.74, 6) is 0. The molecule has 1 aromatic rings. The Morgan fingerprint density at radius 1 is 1.07 bits per heavy atom. The summed E-state index contributed by atoms with van der Waals surface area (Å²) >= 11 is 0. The lowest BCUT2D eigenvalue weighted by molar-refractivity contribution is 1.25. The molecule has 14 heavy (non-hydrogen) atoms. The molecule has 0 amide bonds. The minimum atomic E-state index is 1.22. The molecule has 0 saturated carbocycles. The molecule has 0 unspecified atom stereocenters. The Balaban J connectivity index is 2.32. The minimum absolute atomic E-state index is 1.22. The normalized spacial score (nSPS) is 19.3. The van der Waals surface area contributed by atoms with E-state index in [0.29, 0.717) is 0 Å². The van der Waals surface area contributed by atoms with E-state index >= 15 is 0 Å². The first kappa shape index (κ1) is 10.3. The number of hydrogen-bond acceptors (Lipinski definition) is 0. The van der Waals surface area contributed by atoms with Crippen LogP contribution < -0.4 is 0 Å². The molecule has 0 nitrogen and oxygen atoms in total. The summed E-state index contributed by atoms with van der Waals surface area (Å²) in [6, 6.07) is 10.7. The molecule has 2 rings (SSSR count). The highest BCUT2D eigenvalue weighted by Crippen LogP contribution is 2.34. The summed E-state index contributed by atoms with van der Waals surface area (Å²) in [7, 11) is 4.53. The van der Waals surface area contributed by atoms with Gasteiger partial charge < -0.3 is 0 Å². The molecule has 0 radical (unpaired) electrons. The van der Waals surface area contributed by atoms with Gasteiger partial charge in [-0.1, -0.05) is 50.4 Å². The van der Waals surface area contributed by atoms with E-state index < -0.39 is 0 Å². The third-order valence-electron chi connectivity index (χ3n) is 1.96. The van der Waals surface area contributed by atoms with Crippen molar-refractivity contribution < 1.29 is 0 Å². The van der Waals surface area contributed by atoms with Crippen LogP contribution in [0.4, 0.5) is 0 Å². The maximum absolute atomic E-state index is 2.30. The van der Waals surface area contributed by atoms with Gasteiger partial charge in [-0.25, -0.2) is 0 Å². The largest absolute Gasteiger partial charge is 0.0829 e. The summed E-state index contributed by atoms with van der Waals surface area (Å²) in [5, 5.41) is 1.46. The molecule has 0 spiro atoms. The zero-order valence-corrected chi connectivity index (χ0v) is 10.5. The van der Waals surface area contributed by atoms with Crippen LogP contribution in [-0.4, -0.2) is 11.5 Å². The minimum Gasteiger partial charge on any atom is -0.0829 e. The van der Waals surface area contributed by atoms with Crippen LogP contribution in [0.25, 0.3) is 0 Å². The van der Waals surface area contributed by atoms with Crippen LogP contribution in [0.15, 0.2) is 42.5 Å². The second-order valence-corrected chi connectivity index (χ2v) is 8.18. The maximum atomic E-state index is 2.30. The molecule has 1 aliphatic rings. The molecule has 0 fully saturated rings. The highest BCUT2D eigenvalue weighted by atomic mass is 32.2. The van der Waals surface area contributed by atoms with Gasteiger partial charge in [-0.3, -0.25) is 0 Å². The molecular weight excluding hydrogens is 225 g/mol. The molecule has 1 heterocycles. The first-order chi connectivity index (χ1) is 6.97. The Hall–Kier alpha value is -0.270. The van der Waals surface area contributed by atoms with E-state index in [2.05, 4.69) is 42.5 Å². The lowest BCUT2D eigenvalue weighted by atomic mass is 10.1. The fourth-order valence-corrected chi connectivity index (χ4v) is 6.08. The van der Waals surface area contributed by atoms with E-state index in [4.69, 9.17) is 0 Å². The van der Waals surface area contributed by atoms with Gasteiger partial charge in [0.1, 0.15) is 0 Å². The molecule has 0 saturated heterocycles. The molecule has 70 valence electrons. The topological polar surface area (TPSA) is 0 Å². The molecule has 0 aromatic heterocycles. The predicted molar refractivity (Wildman–Crippen MR) is 69.9 cm³/mol. The average molecular weight is 236 g/mol. The van der Waals surface area contributed by atoms with E-state index in [1.54, 1.807) is 7.87 Å². The van der Waals surface area contributed by atoms with Crippen LogP contribution in [0.1, 0.15) is 12.0 Å². The van der Waals surface area contributed by atoms with Crippen LogP contribution in [0, 0.1) is 0 Å². The van der Waals surface area contributed by atoms with Crippen LogP contribution in [0.2, 0.25) is 0 Å². The fraction of sp³-hybridized carbons (Fsp3) is 0.182. The Bertz CT molecular complexity index is 377. The summed E-state index contributed by atoms with van der Waals surface area (Å²) in [6.45, 7) is 0. The monoisotopic (exact) mass is 236 g/mol. The van der Waals surface area contributed by atoms with Crippen molar-refractivity contribution in [2.45, 2.75) is 6.42 Å². The maximum Gasteiger partial charge on any atom is 0.0136 e. The van der Waals surface area contributed by atoms with Gasteiger partial charge in [0.25, 0.3) is 0 Å². The van der Waals surface area contributed by atoms with Gasteiger partial charge >= 0.3 is 0 Å². The van der Waals surface area contributed by atoms with Crippen LogP contribution in [-0.2, 0) is 0 Å². The molecule has 0 N–H and O–H groups in total. The average Bonchev–Trinajstić information content (AvgIpc) is 2.18. The predicted octanol–water partition coefficient (Wildman–Crippen LogP) is 4.84. The molecular formula is C11H11P3. The van der Waals surface area contributed by atoms with Crippen molar-refractivity contribution in [2.24, 2.45) is 0 Å². The summed E-state index contributed by atoms with van der Waals surface area (Å²) in [6.07, 6.45) is 7.13. The van der Waals surface area contributed by atoms with Crippen LogP contribution in [0.5, 0.6) is 0 Å². The number of rotatable bonds is 1. The van der Waals surface area contributed by atoms with Gasteiger partial charge in [-0.2, -0.15) is 0 Å². The first-order valence-electron chi connectivity index (χ1n) is 4.63. The van der Waals surface area contributed by atoms with Crippen molar-refractivity contribution >= 4 is 28.6 Å². The second kappa shape index (κ2) is 5.57. The lowest BCUT2D eigenvalue weighted by Gasteiger charge is -2.01. The fourth-order valence-electron chi connectivity index (χ4n) is 1.25. The highest BCUT2D eigenvalue weighted by Gasteiger charge is 1.97. The third-order valence-corrected chi connectivity index (χ3v) is 7.09. The van der Waals surface area contributed by atoms with Crippen molar-refractivity contribution in [1.29, 1.82) is 0 Å². The van der Waals surface area contributed by atoms with E-state index in [-0.39, 0.29) is 0 Å². The number of allylic oxidation sites excluding steroid dienone is 2. The van der Waals surface area contributed by atoms with E-state index in [0.717, 1.165) is 0 Å². The van der Waals surface area contributed by atoms with E-state index in [9.17, 15) is 0 Å². The lowest BCUT2D eigenvalue weighted by Crippen LogP contribution is -1.91. The standard InChI is InChI=1S/C11H11P3/c1-2-6-10(7-3-1)11-8-4-5-9-12-14-13-11/h1-4,6-8H,5,9H2. The zero-order chi connectivity index (χ0) is 9.64. The van der Waals surface area contributed by atoms with Crippen molar-refractivity contribution in [3.05, 3.63) is 48.0 Å². The number of benzene rings is 1. The Morgan fingerprint density at radius 3 is 2.79 bits per heavy atom. The van der Waals surface area contributed by atoms with Crippen molar-refractivity contribution in [1.82, 2.24) is 0 Å². The third kappa shape index (κ3) is 2.86. The molecule has 1 aromatic carbocycles. The molecule has 0 aliphatic carbocycles. The highest BCUT2D eigenvalue weighted by molar-refractivity contribution is 8.24. The zero-order valence-electron chi connectivity index (χ0n) is 7.80. The quantitative estimate of drug-likeness (QED) is 0.612. The van der Waals surface area contributed by atoms with Crippen LogP contribution >= 0.6 is 23.3 Å². The van der Waals surface area contributed by atoms with Crippen molar-refractivity contribution in [2.75, 3.05) is 6.16 Å². The molecule has 3 heteroatoms. The molecule has 0 bridgehead atoms. The van der Waals surface area contributed by atoms with Gasteiger partial charge in [-0.05, 0) is 33.6 Å². The number of hydrogen-bond donors (Lipinski definition) is 0. The first-order valence-corrected chi connectivity index (χ1v) is 8.91. The Labute approximate surface area is 89.5 Å². The summed E-state index contributed by atoms with van der Waals surface area (Å²) < 4.78 is 0. The van der Waals surface area contributed by atoms with Gasteiger partial charge in [0.15, 0.2) is 0 Å². The van der Waals surface area contributed by atoms with E-state index in [1.165, 1.54) is 38.9 Å². The van der Waals surface area contributed by atoms with Crippen LogP contribution in [0.3, 0.4) is 0 Å². The summed E-state index contributed by atoms with van der Waals surface area (Å²) in [5.41, 5.74) is 1.37. The Kier molecular flexibility index (Phi) is 4.08. The van der Waals surface area contributed by atoms with Gasteiger partial charge in [0.2, 0.25) is 0 Å². The van der Waals surface area contributed by atoms with Crippen molar-refractivity contribution in [3.8, 4) is 0 Å². The SMILES string of the molecule is C1=CC(c2ccccc2)=PP=PCC1. The van der Waals surface area contributed by atoms with Gasteiger partial charge in [0.05, 0.1) is 0 Å². The molecule has 0 atom stereocenters. The van der Waals surface area contributed by atoms with Gasteiger partial charge in [0, 0.05) is 5.29 Å². The second-order valence-electron chi connectivity index (χ2n) is 3.00. The molecule has 1 aliphatic heterocycles. The smallest absolute Gasteiger partial charge is 0.0136 e. The van der Waals surface area contributed by atoms with E-state index in [1.807, 2.05) is 0 Å². The van der Waals surface area contributed by atoms with Crippen molar-refractivity contribution in [3.63, 3.8) is 0 Å². The Morgan fingerprint density at radius 2 is 1.93 bits per heavy atom.